The van der Waals surface area contributed by atoms with Gasteiger partial charge in [0.1, 0.15) is 6.04 Å². The van der Waals surface area contributed by atoms with E-state index in [0.717, 1.165) is 13.1 Å². The Bertz CT molecular complexity index is 276. The van der Waals surface area contributed by atoms with Gasteiger partial charge in [-0.15, -0.1) is 0 Å². The fourth-order valence-corrected chi connectivity index (χ4v) is 3.31. The molecule has 0 aromatic rings. The highest BCUT2D eigenvalue weighted by molar-refractivity contribution is 5.82. The van der Waals surface area contributed by atoms with E-state index in [2.05, 4.69) is 16.7 Å². The molecule has 1 amide bonds. The zero-order chi connectivity index (χ0) is 12.4. The van der Waals surface area contributed by atoms with Gasteiger partial charge in [0.25, 0.3) is 0 Å². The molecule has 4 nitrogen and oxygen atoms in total. The van der Waals surface area contributed by atoms with Gasteiger partial charge >= 0.3 is 0 Å². The molecule has 1 saturated carbocycles. The Morgan fingerprint density at radius 2 is 1.94 bits per heavy atom. The van der Waals surface area contributed by atoms with Crippen LogP contribution in [0.25, 0.3) is 0 Å². The van der Waals surface area contributed by atoms with Gasteiger partial charge in [-0.3, -0.25) is 9.69 Å². The van der Waals surface area contributed by atoms with Crippen LogP contribution in [0.5, 0.6) is 0 Å². The number of likely N-dealkylation sites (N-methyl/N-ethyl adjacent to an activating group) is 1. The van der Waals surface area contributed by atoms with Crippen molar-refractivity contribution in [3.05, 3.63) is 0 Å². The number of hydrogen-bond acceptors (Lipinski definition) is 3. The van der Waals surface area contributed by atoms with Gasteiger partial charge < -0.3 is 10.6 Å². The second kappa shape index (κ2) is 5.36. The van der Waals surface area contributed by atoms with Crippen molar-refractivity contribution in [1.82, 2.24) is 9.80 Å². The minimum absolute atomic E-state index is 0.111. The van der Waals surface area contributed by atoms with Gasteiger partial charge in [-0.25, -0.2) is 0 Å². The molecular weight excluding hydrogens is 214 g/mol. The summed E-state index contributed by atoms with van der Waals surface area (Å²) in [6.07, 6.45) is 4.90. The number of carbonyl (C=O) groups excluding carboxylic acids is 1. The highest BCUT2D eigenvalue weighted by atomic mass is 16.2. The van der Waals surface area contributed by atoms with E-state index in [1.807, 2.05) is 7.05 Å². The molecule has 0 radical (unpaired) electrons. The molecule has 0 aromatic heterocycles. The molecule has 17 heavy (non-hydrogen) atoms. The third kappa shape index (κ3) is 2.63. The van der Waals surface area contributed by atoms with Gasteiger partial charge in [0.05, 0.1) is 0 Å². The number of amides is 1. The van der Waals surface area contributed by atoms with E-state index in [4.69, 9.17) is 5.73 Å². The van der Waals surface area contributed by atoms with E-state index in [-0.39, 0.29) is 11.9 Å². The first-order valence-corrected chi connectivity index (χ1v) is 6.84. The summed E-state index contributed by atoms with van der Waals surface area (Å²) in [5.74, 6) is 0.798. The summed E-state index contributed by atoms with van der Waals surface area (Å²) in [5.41, 5.74) is 5.77. The Kier molecular flexibility index (Phi) is 4.05. The monoisotopic (exact) mass is 239 g/mol. The number of carbonyl (C=O) groups is 1. The van der Waals surface area contributed by atoms with Crippen molar-refractivity contribution < 1.29 is 4.79 Å². The first-order valence-electron chi connectivity index (χ1n) is 6.84. The van der Waals surface area contributed by atoms with Crippen LogP contribution in [0.1, 0.15) is 32.6 Å². The maximum Gasteiger partial charge on any atom is 0.241 e. The molecule has 2 unspecified atom stereocenters. The van der Waals surface area contributed by atoms with Gasteiger partial charge in [0.15, 0.2) is 0 Å². The van der Waals surface area contributed by atoms with Gasteiger partial charge in [0, 0.05) is 25.7 Å². The molecule has 1 aliphatic heterocycles. The Morgan fingerprint density at radius 1 is 1.29 bits per heavy atom. The van der Waals surface area contributed by atoms with E-state index >= 15 is 0 Å². The average molecular weight is 239 g/mol. The van der Waals surface area contributed by atoms with Crippen LogP contribution in [0.15, 0.2) is 0 Å². The lowest BCUT2D eigenvalue weighted by atomic mass is 10.1. The second-order valence-corrected chi connectivity index (χ2v) is 5.73. The van der Waals surface area contributed by atoms with Crippen molar-refractivity contribution in [3.63, 3.8) is 0 Å². The number of hydrogen-bond donors (Lipinski definition) is 1. The quantitative estimate of drug-likeness (QED) is 0.770. The molecule has 0 spiro atoms. The zero-order valence-corrected chi connectivity index (χ0v) is 11.1. The maximum absolute atomic E-state index is 12.5. The van der Waals surface area contributed by atoms with E-state index < -0.39 is 0 Å². The summed E-state index contributed by atoms with van der Waals surface area (Å²) < 4.78 is 0. The standard InChI is InChI=1S/C13H25N3O/c1-10-8-15(2)12(7-14)13(17)16(9-10)11-5-3-4-6-11/h10-12H,3-9,14H2,1-2H3. The molecule has 1 heterocycles. The lowest BCUT2D eigenvalue weighted by molar-refractivity contribution is -0.137. The molecule has 2 fully saturated rings. The third-order valence-corrected chi connectivity index (χ3v) is 4.20. The van der Waals surface area contributed by atoms with Crippen molar-refractivity contribution in [1.29, 1.82) is 0 Å². The molecule has 0 bridgehead atoms. The summed E-state index contributed by atoms with van der Waals surface area (Å²) >= 11 is 0. The van der Waals surface area contributed by atoms with Crippen LogP contribution in [0.2, 0.25) is 0 Å². The predicted molar refractivity (Wildman–Crippen MR) is 68.6 cm³/mol. The second-order valence-electron chi connectivity index (χ2n) is 5.73. The van der Waals surface area contributed by atoms with Gasteiger partial charge in [-0.2, -0.15) is 0 Å². The summed E-state index contributed by atoms with van der Waals surface area (Å²) in [5, 5.41) is 0. The van der Waals surface area contributed by atoms with E-state index in [1.165, 1.54) is 25.7 Å². The number of nitrogens with two attached hydrogens (primary N) is 1. The fourth-order valence-electron chi connectivity index (χ4n) is 3.31. The Morgan fingerprint density at radius 3 is 2.53 bits per heavy atom. The van der Waals surface area contributed by atoms with Crippen molar-refractivity contribution in [2.75, 3.05) is 26.7 Å². The highest BCUT2D eigenvalue weighted by Gasteiger charge is 2.36. The molecule has 1 aliphatic carbocycles. The van der Waals surface area contributed by atoms with Crippen LogP contribution in [0.4, 0.5) is 0 Å². The fraction of sp³-hybridized carbons (Fsp3) is 0.923. The van der Waals surface area contributed by atoms with Crippen LogP contribution >= 0.6 is 0 Å². The predicted octanol–water partition coefficient (Wildman–Crippen LogP) is 0.666. The third-order valence-electron chi connectivity index (χ3n) is 4.20. The molecule has 1 saturated heterocycles. The zero-order valence-electron chi connectivity index (χ0n) is 11.1. The number of nitrogens with zero attached hydrogens (tertiary/aromatic N) is 2. The first kappa shape index (κ1) is 12.8. The largest absolute Gasteiger partial charge is 0.338 e. The molecule has 2 aliphatic rings. The van der Waals surface area contributed by atoms with E-state index in [9.17, 15) is 4.79 Å². The Balaban J connectivity index is 2.15. The minimum atomic E-state index is -0.111. The lowest BCUT2D eigenvalue weighted by Gasteiger charge is -2.31. The SMILES string of the molecule is CC1CN(C)C(CN)C(=O)N(C2CCCC2)C1. The Labute approximate surface area is 104 Å². The molecule has 2 rings (SSSR count). The topological polar surface area (TPSA) is 49.6 Å². The highest BCUT2D eigenvalue weighted by Crippen LogP contribution is 2.26. The van der Waals surface area contributed by atoms with Crippen LogP contribution in [-0.4, -0.2) is 54.5 Å². The molecule has 2 atom stereocenters. The maximum atomic E-state index is 12.5. The molecular formula is C13H25N3O. The summed E-state index contributed by atoms with van der Waals surface area (Å²) in [7, 11) is 2.02. The van der Waals surface area contributed by atoms with Crippen LogP contribution < -0.4 is 5.73 Å². The summed E-state index contributed by atoms with van der Waals surface area (Å²) in [6.45, 7) is 4.54. The van der Waals surface area contributed by atoms with Gasteiger partial charge in [-0.1, -0.05) is 19.8 Å². The van der Waals surface area contributed by atoms with E-state index in [0.29, 0.717) is 18.5 Å². The van der Waals surface area contributed by atoms with Crippen LogP contribution in [-0.2, 0) is 4.79 Å². The minimum Gasteiger partial charge on any atom is -0.338 e. The number of rotatable bonds is 2. The lowest BCUT2D eigenvalue weighted by Crippen LogP contribution is -2.50. The normalized spacial score (nSPS) is 33.1. The van der Waals surface area contributed by atoms with E-state index in [1.54, 1.807) is 0 Å². The van der Waals surface area contributed by atoms with Crippen molar-refractivity contribution >= 4 is 5.91 Å². The van der Waals surface area contributed by atoms with Crippen LogP contribution in [0, 0.1) is 5.92 Å². The first-order chi connectivity index (χ1) is 8.13. The molecule has 4 heteroatoms. The smallest absolute Gasteiger partial charge is 0.241 e. The van der Waals surface area contributed by atoms with Crippen molar-refractivity contribution in [3.8, 4) is 0 Å². The molecule has 2 N–H and O–H groups in total. The average Bonchev–Trinajstić information content (AvgIpc) is 2.76. The van der Waals surface area contributed by atoms with Gasteiger partial charge in [-0.05, 0) is 25.8 Å². The van der Waals surface area contributed by atoms with Crippen molar-refractivity contribution in [2.24, 2.45) is 11.7 Å². The van der Waals surface area contributed by atoms with Crippen LogP contribution in [0.3, 0.4) is 0 Å². The molecule has 0 aromatic carbocycles. The summed E-state index contributed by atoms with van der Waals surface area (Å²) in [4.78, 5) is 16.8. The molecule has 98 valence electrons. The summed E-state index contributed by atoms with van der Waals surface area (Å²) in [6, 6.07) is 0.367. The van der Waals surface area contributed by atoms with Crippen molar-refractivity contribution in [2.45, 2.75) is 44.7 Å². The van der Waals surface area contributed by atoms with Gasteiger partial charge in [0.2, 0.25) is 5.91 Å². The Hall–Kier alpha value is -0.610.